The summed E-state index contributed by atoms with van der Waals surface area (Å²) in [5.74, 6) is -1.10. The van der Waals surface area contributed by atoms with Gasteiger partial charge in [0.15, 0.2) is 0 Å². The van der Waals surface area contributed by atoms with E-state index in [4.69, 9.17) is 14.2 Å². The molecule has 0 radical (unpaired) electrons. The normalized spacial score (nSPS) is 15.3. The average Bonchev–Trinajstić information content (AvgIpc) is 2.60. The topological polar surface area (TPSA) is 88.1 Å². The molecule has 1 aromatic carbocycles. The summed E-state index contributed by atoms with van der Waals surface area (Å²) in [4.78, 5) is 35.7. The van der Waals surface area contributed by atoms with Crippen LogP contribution in [-0.2, 0) is 23.8 Å². The highest BCUT2D eigenvalue weighted by Gasteiger charge is 2.31. The van der Waals surface area contributed by atoms with Crippen molar-refractivity contribution in [2.75, 3.05) is 20.3 Å². The molecule has 1 atom stereocenters. The van der Waals surface area contributed by atoms with E-state index in [0.29, 0.717) is 16.9 Å². The van der Waals surface area contributed by atoms with Gasteiger partial charge in [-0.25, -0.2) is 9.59 Å². The van der Waals surface area contributed by atoms with Crippen molar-refractivity contribution < 1.29 is 33.3 Å². The van der Waals surface area contributed by atoms with Gasteiger partial charge in [-0.3, -0.25) is 4.79 Å². The zero-order valence-electron chi connectivity index (χ0n) is 14.4. The minimum absolute atomic E-state index is 0.114. The van der Waals surface area contributed by atoms with E-state index in [1.54, 1.807) is 38.1 Å². The molecule has 0 aliphatic carbocycles. The molecule has 7 nitrogen and oxygen atoms in total. The fourth-order valence-electron chi connectivity index (χ4n) is 2.42. The highest BCUT2D eigenvalue weighted by atomic mass is 16.5. The molecule has 1 aromatic rings. The summed E-state index contributed by atoms with van der Waals surface area (Å²) in [6.45, 7) is 3.82. The molecule has 0 aromatic heterocycles. The lowest BCUT2D eigenvalue weighted by molar-refractivity contribution is -0.145. The number of esters is 3. The van der Waals surface area contributed by atoms with Gasteiger partial charge >= 0.3 is 17.9 Å². The first kappa shape index (κ1) is 18.5. The Hall–Kier alpha value is -2.83. The molecule has 0 bridgehead atoms. The third kappa shape index (κ3) is 4.37. The van der Waals surface area contributed by atoms with Crippen LogP contribution in [0.25, 0.3) is 6.08 Å². The first-order chi connectivity index (χ1) is 12.0. The minimum Gasteiger partial charge on any atom is -0.484 e. The molecule has 1 heterocycles. The number of fused-ring (bicyclic) bond motifs is 1. The van der Waals surface area contributed by atoms with Crippen LogP contribution in [-0.4, -0.2) is 44.3 Å². The molecule has 0 fully saturated rings. The summed E-state index contributed by atoms with van der Waals surface area (Å²) in [7, 11) is 1.29. The van der Waals surface area contributed by atoms with Crippen molar-refractivity contribution in [3.63, 3.8) is 0 Å². The Labute approximate surface area is 145 Å². The van der Waals surface area contributed by atoms with Gasteiger partial charge in [-0.05, 0) is 38.1 Å². The van der Waals surface area contributed by atoms with Crippen LogP contribution in [0.3, 0.4) is 0 Å². The number of ether oxygens (including phenoxy) is 4. The van der Waals surface area contributed by atoms with Gasteiger partial charge < -0.3 is 18.9 Å². The van der Waals surface area contributed by atoms with Gasteiger partial charge in [-0.1, -0.05) is 0 Å². The maximum Gasteiger partial charge on any atom is 0.337 e. The maximum atomic E-state index is 12.2. The van der Waals surface area contributed by atoms with Gasteiger partial charge in [0, 0.05) is 5.56 Å². The van der Waals surface area contributed by atoms with Crippen LogP contribution in [0, 0.1) is 0 Å². The summed E-state index contributed by atoms with van der Waals surface area (Å²) < 4.78 is 20.4. The second-order valence-electron chi connectivity index (χ2n) is 5.18. The predicted molar refractivity (Wildman–Crippen MR) is 88.1 cm³/mol. The smallest absolute Gasteiger partial charge is 0.337 e. The largest absolute Gasteiger partial charge is 0.484 e. The van der Waals surface area contributed by atoms with Crippen molar-refractivity contribution in [1.82, 2.24) is 0 Å². The Balaban J connectivity index is 2.36. The summed E-state index contributed by atoms with van der Waals surface area (Å²) in [5.41, 5.74) is 1.06. The second-order valence-corrected chi connectivity index (χ2v) is 5.18. The quantitative estimate of drug-likeness (QED) is 0.575. The number of carbonyl (C=O) groups is 3. The molecule has 0 spiro atoms. The molecule has 0 saturated carbocycles. The van der Waals surface area contributed by atoms with Crippen LogP contribution in [0.2, 0.25) is 0 Å². The first-order valence-corrected chi connectivity index (χ1v) is 7.93. The number of hydrogen-bond donors (Lipinski definition) is 0. The molecule has 134 valence electrons. The summed E-state index contributed by atoms with van der Waals surface area (Å²) >= 11 is 0. The molecule has 0 amide bonds. The molecular formula is C18H20O7. The summed E-state index contributed by atoms with van der Waals surface area (Å²) in [5, 5.41) is 0. The van der Waals surface area contributed by atoms with Crippen LogP contribution in [0.1, 0.15) is 36.2 Å². The highest BCUT2D eigenvalue weighted by Crippen LogP contribution is 2.32. The zero-order chi connectivity index (χ0) is 18.4. The standard InChI is InChI=1S/C18H20O7/c1-4-23-16(19)10-15-13(18(21)24-5-2)9-12-8-11(17(20)22-3)6-7-14(12)25-15/h6-9,15H,4-5,10H2,1-3H3. The monoisotopic (exact) mass is 348 g/mol. The van der Waals surface area contributed by atoms with Crippen LogP contribution in [0.4, 0.5) is 0 Å². The van der Waals surface area contributed by atoms with E-state index in [1.807, 2.05) is 0 Å². The molecule has 0 saturated heterocycles. The van der Waals surface area contributed by atoms with E-state index in [1.165, 1.54) is 7.11 Å². The zero-order valence-corrected chi connectivity index (χ0v) is 14.4. The average molecular weight is 348 g/mol. The summed E-state index contributed by atoms with van der Waals surface area (Å²) in [6.07, 6.45) is 0.638. The van der Waals surface area contributed by atoms with Crippen molar-refractivity contribution >= 4 is 24.0 Å². The molecule has 1 aliphatic heterocycles. The van der Waals surface area contributed by atoms with Gasteiger partial charge in [-0.2, -0.15) is 0 Å². The first-order valence-electron chi connectivity index (χ1n) is 7.93. The molecule has 7 heteroatoms. The van der Waals surface area contributed by atoms with E-state index >= 15 is 0 Å². The van der Waals surface area contributed by atoms with E-state index in [2.05, 4.69) is 4.74 Å². The molecular weight excluding hydrogens is 328 g/mol. The van der Waals surface area contributed by atoms with Crippen molar-refractivity contribution in [1.29, 1.82) is 0 Å². The number of rotatable bonds is 6. The summed E-state index contributed by atoms with van der Waals surface area (Å²) in [6, 6.07) is 4.70. The van der Waals surface area contributed by atoms with E-state index in [9.17, 15) is 14.4 Å². The maximum absolute atomic E-state index is 12.2. The number of methoxy groups -OCH3 is 1. The predicted octanol–water partition coefficient (Wildman–Crippen LogP) is 2.13. The molecule has 0 N–H and O–H groups in total. The van der Waals surface area contributed by atoms with Crippen LogP contribution in [0.5, 0.6) is 5.75 Å². The number of benzene rings is 1. The highest BCUT2D eigenvalue weighted by molar-refractivity contribution is 5.98. The Morgan fingerprint density at radius 1 is 1.08 bits per heavy atom. The lowest BCUT2D eigenvalue weighted by atomic mass is 9.98. The fraction of sp³-hybridized carbons (Fsp3) is 0.389. The van der Waals surface area contributed by atoms with E-state index < -0.39 is 24.0 Å². The van der Waals surface area contributed by atoms with E-state index in [0.717, 1.165) is 0 Å². The molecule has 25 heavy (non-hydrogen) atoms. The van der Waals surface area contributed by atoms with Crippen molar-refractivity contribution in [3.8, 4) is 5.75 Å². The Bertz CT molecular complexity index is 705. The number of hydrogen-bond acceptors (Lipinski definition) is 7. The van der Waals surface area contributed by atoms with Crippen molar-refractivity contribution in [2.24, 2.45) is 0 Å². The third-order valence-corrected chi connectivity index (χ3v) is 3.53. The van der Waals surface area contributed by atoms with E-state index in [-0.39, 0.29) is 25.2 Å². The Morgan fingerprint density at radius 2 is 1.80 bits per heavy atom. The van der Waals surface area contributed by atoms with Crippen molar-refractivity contribution in [3.05, 3.63) is 34.9 Å². The Kier molecular flexibility index (Phi) is 6.16. The van der Waals surface area contributed by atoms with Gasteiger partial charge in [0.05, 0.1) is 37.9 Å². The van der Waals surface area contributed by atoms with Crippen LogP contribution < -0.4 is 4.74 Å². The van der Waals surface area contributed by atoms with Crippen LogP contribution >= 0.6 is 0 Å². The molecule has 1 unspecified atom stereocenters. The van der Waals surface area contributed by atoms with Crippen LogP contribution in [0.15, 0.2) is 23.8 Å². The lowest BCUT2D eigenvalue weighted by Crippen LogP contribution is -2.31. The van der Waals surface area contributed by atoms with Gasteiger partial charge in [0.1, 0.15) is 11.9 Å². The van der Waals surface area contributed by atoms with Gasteiger partial charge in [0.2, 0.25) is 0 Å². The molecule has 1 aliphatic rings. The molecule has 2 rings (SSSR count). The SMILES string of the molecule is CCOC(=O)CC1Oc2ccc(C(=O)OC)cc2C=C1C(=O)OCC. The van der Waals surface area contributed by atoms with Gasteiger partial charge in [-0.15, -0.1) is 0 Å². The minimum atomic E-state index is -0.811. The lowest BCUT2D eigenvalue weighted by Gasteiger charge is -2.26. The van der Waals surface area contributed by atoms with Crippen molar-refractivity contribution in [2.45, 2.75) is 26.4 Å². The van der Waals surface area contributed by atoms with Gasteiger partial charge in [0.25, 0.3) is 0 Å². The number of carbonyl (C=O) groups excluding carboxylic acids is 3. The fourth-order valence-corrected chi connectivity index (χ4v) is 2.42. The third-order valence-electron chi connectivity index (χ3n) is 3.53. The second kappa shape index (κ2) is 8.32. The Morgan fingerprint density at radius 3 is 2.44 bits per heavy atom.